The zero-order valence-electron chi connectivity index (χ0n) is 10.0. The van der Waals surface area contributed by atoms with Gasteiger partial charge in [-0.15, -0.1) is 0 Å². The van der Waals surface area contributed by atoms with Crippen molar-refractivity contribution >= 4 is 33.2 Å². The highest BCUT2D eigenvalue weighted by atomic mass is 79.9. The van der Waals surface area contributed by atoms with Gasteiger partial charge in [-0.1, -0.05) is 6.42 Å². The van der Waals surface area contributed by atoms with E-state index in [0.29, 0.717) is 6.42 Å². The number of carbonyl (C=O) groups excluding carboxylic acids is 1. The maximum atomic E-state index is 12.0. The van der Waals surface area contributed by atoms with Gasteiger partial charge in [-0.25, -0.2) is 0 Å². The van der Waals surface area contributed by atoms with Crippen LogP contribution in [0.1, 0.15) is 31.2 Å². The van der Waals surface area contributed by atoms with Gasteiger partial charge in [0.2, 0.25) is 5.91 Å². The molecular formula is C13H17BrN2O. The van der Waals surface area contributed by atoms with E-state index in [9.17, 15) is 4.79 Å². The minimum absolute atomic E-state index is 0.200. The third kappa shape index (κ3) is 2.63. The van der Waals surface area contributed by atoms with Crippen LogP contribution in [0.3, 0.4) is 0 Å². The van der Waals surface area contributed by atoms with Crippen molar-refractivity contribution in [2.24, 2.45) is 0 Å². The van der Waals surface area contributed by atoms with Gasteiger partial charge in [-0.3, -0.25) is 4.79 Å². The summed E-state index contributed by atoms with van der Waals surface area (Å²) >= 11 is 3.52. The molecule has 0 radical (unpaired) electrons. The lowest BCUT2D eigenvalue weighted by Crippen LogP contribution is -2.30. The van der Waals surface area contributed by atoms with Crippen LogP contribution in [-0.4, -0.2) is 12.5 Å². The lowest BCUT2D eigenvalue weighted by molar-refractivity contribution is -0.118. The van der Waals surface area contributed by atoms with Gasteiger partial charge in [0.15, 0.2) is 0 Å². The molecule has 1 aromatic rings. The number of rotatable bonds is 1. The lowest BCUT2D eigenvalue weighted by atomic mass is 10.1. The Morgan fingerprint density at radius 2 is 2.06 bits per heavy atom. The highest BCUT2D eigenvalue weighted by molar-refractivity contribution is 9.10. The van der Waals surface area contributed by atoms with Crippen molar-refractivity contribution in [3.63, 3.8) is 0 Å². The molecule has 0 atom stereocenters. The number of hydrogen-bond acceptors (Lipinski definition) is 2. The Bertz CT molecular complexity index is 445. The fraction of sp³-hybridized carbons (Fsp3) is 0.462. The average Bonchev–Trinajstić information content (AvgIpc) is 2.49. The van der Waals surface area contributed by atoms with Gasteiger partial charge >= 0.3 is 0 Å². The van der Waals surface area contributed by atoms with E-state index in [-0.39, 0.29) is 5.91 Å². The summed E-state index contributed by atoms with van der Waals surface area (Å²) in [7, 11) is 0. The number of benzene rings is 1. The first-order chi connectivity index (χ1) is 8.09. The van der Waals surface area contributed by atoms with E-state index in [0.717, 1.165) is 47.2 Å². The second-order valence-electron chi connectivity index (χ2n) is 4.52. The maximum absolute atomic E-state index is 12.0. The number of amides is 1. The molecule has 0 unspecified atom stereocenters. The summed E-state index contributed by atoms with van der Waals surface area (Å²) < 4.78 is 0.944. The maximum Gasteiger partial charge on any atom is 0.227 e. The van der Waals surface area contributed by atoms with Crippen LogP contribution >= 0.6 is 15.9 Å². The van der Waals surface area contributed by atoms with E-state index < -0.39 is 0 Å². The van der Waals surface area contributed by atoms with Crippen LogP contribution in [-0.2, 0) is 4.79 Å². The van der Waals surface area contributed by atoms with Gasteiger partial charge < -0.3 is 10.6 Å². The zero-order valence-corrected chi connectivity index (χ0v) is 11.6. The number of carbonyl (C=O) groups is 1. The summed E-state index contributed by atoms with van der Waals surface area (Å²) in [5.41, 5.74) is 8.59. The Balaban J connectivity index is 2.37. The molecule has 1 fully saturated rings. The zero-order chi connectivity index (χ0) is 12.4. The van der Waals surface area contributed by atoms with E-state index in [1.807, 2.05) is 24.0 Å². The molecule has 2 rings (SSSR count). The summed E-state index contributed by atoms with van der Waals surface area (Å²) in [6.45, 7) is 2.76. The highest BCUT2D eigenvalue weighted by Gasteiger charge is 2.20. The van der Waals surface area contributed by atoms with E-state index >= 15 is 0 Å². The molecule has 4 heteroatoms. The average molecular weight is 297 g/mol. The molecule has 0 aromatic heterocycles. The summed E-state index contributed by atoms with van der Waals surface area (Å²) in [5.74, 6) is 0.200. The van der Waals surface area contributed by atoms with Crippen molar-refractivity contribution in [3.05, 3.63) is 22.2 Å². The minimum atomic E-state index is 0.200. The summed E-state index contributed by atoms with van der Waals surface area (Å²) in [6, 6.07) is 3.87. The molecule has 1 aliphatic heterocycles. The van der Waals surface area contributed by atoms with Crippen molar-refractivity contribution in [2.75, 3.05) is 17.2 Å². The first-order valence-electron chi connectivity index (χ1n) is 5.95. The second kappa shape index (κ2) is 5.08. The number of nitrogens with zero attached hydrogens (tertiary/aromatic N) is 1. The molecule has 1 amide bonds. The fourth-order valence-electron chi connectivity index (χ4n) is 2.12. The molecule has 2 N–H and O–H groups in total. The van der Waals surface area contributed by atoms with Crippen molar-refractivity contribution in [1.82, 2.24) is 0 Å². The standard InChI is InChI=1S/C13H17BrN2O/c1-9-7-10(14)12(8-11(9)15)16-6-4-2-3-5-13(16)17/h7-8H,2-6,15H2,1H3. The number of nitrogens with two attached hydrogens (primary N) is 1. The predicted octanol–water partition coefficient (Wildman–Crippen LogP) is 3.25. The van der Waals surface area contributed by atoms with Gasteiger partial charge in [-0.05, 0) is 53.4 Å². The van der Waals surface area contributed by atoms with E-state index in [2.05, 4.69) is 15.9 Å². The first kappa shape index (κ1) is 12.4. The Kier molecular flexibility index (Phi) is 3.72. The van der Waals surface area contributed by atoms with Gasteiger partial charge in [0.1, 0.15) is 0 Å². The van der Waals surface area contributed by atoms with Gasteiger partial charge in [0, 0.05) is 23.1 Å². The van der Waals surface area contributed by atoms with Crippen LogP contribution in [0.2, 0.25) is 0 Å². The third-order valence-corrected chi connectivity index (χ3v) is 3.83. The van der Waals surface area contributed by atoms with E-state index in [4.69, 9.17) is 5.73 Å². The Morgan fingerprint density at radius 3 is 2.82 bits per heavy atom. The first-order valence-corrected chi connectivity index (χ1v) is 6.75. The van der Waals surface area contributed by atoms with E-state index in [1.54, 1.807) is 0 Å². The summed E-state index contributed by atoms with van der Waals surface area (Å²) in [6.07, 6.45) is 3.82. The Morgan fingerprint density at radius 1 is 1.29 bits per heavy atom. The molecule has 1 heterocycles. The van der Waals surface area contributed by atoms with Crippen molar-refractivity contribution in [1.29, 1.82) is 0 Å². The Labute approximate surface area is 110 Å². The molecule has 1 aromatic carbocycles. The van der Waals surface area contributed by atoms with Crippen LogP contribution in [0.25, 0.3) is 0 Å². The summed E-state index contributed by atoms with van der Waals surface area (Å²) in [5, 5.41) is 0. The quantitative estimate of drug-likeness (QED) is 0.809. The smallest absolute Gasteiger partial charge is 0.227 e. The van der Waals surface area contributed by atoms with E-state index in [1.165, 1.54) is 0 Å². The third-order valence-electron chi connectivity index (χ3n) is 3.20. The van der Waals surface area contributed by atoms with Crippen LogP contribution in [0.4, 0.5) is 11.4 Å². The molecular weight excluding hydrogens is 280 g/mol. The molecule has 17 heavy (non-hydrogen) atoms. The van der Waals surface area contributed by atoms with Crippen molar-refractivity contribution < 1.29 is 4.79 Å². The second-order valence-corrected chi connectivity index (χ2v) is 5.37. The molecule has 0 spiro atoms. The van der Waals surface area contributed by atoms with Crippen LogP contribution in [0.5, 0.6) is 0 Å². The molecule has 0 bridgehead atoms. The largest absolute Gasteiger partial charge is 0.398 e. The van der Waals surface area contributed by atoms with Crippen LogP contribution < -0.4 is 10.6 Å². The number of aryl methyl sites for hydroxylation is 1. The molecule has 92 valence electrons. The van der Waals surface area contributed by atoms with Gasteiger partial charge in [0.05, 0.1) is 5.69 Å². The fourth-order valence-corrected chi connectivity index (χ4v) is 2.79. The lowest BCUT2D eigenvalue weighted by Gasteiger charge is -2.23. The minimum Gasteiger partial charge on any atom is -0.398 e. The molecule has 0 aliphatic carbocycles. The van der Waals surface area contributed by atoms with Crippen molar-refractivity contribution in [3.8, 4) is 0 Å². The van der Waals surface area contributed by atoms with Gasteiger partial charge in [-0.2, -0.15) is 0 Å². The molecule has 1 aliphatic rings. The number of hydrogen-bond donors (Lipinski definition) is 1. The molecule has 0 saturated carbocycles. The monoisotopic (exact) mass is 296 g/mol. The number of nitrogen functional groups attached to an aromatic ring is 1. The number of anilines is 2. The predicted molar refractivity (Wildman–Crippen MR) is 74.1 cm³/mol. The Hall–Kier alpha value is -1.03. The highest BCUT2D eigenvalue weighted by Crippen LogP contribution is 2.32. The normalized spacial score (nSPS) is 17.1. The molecule has 1 saturated heterocycles. The molecule has 3 nitrogen and oxygen atoms in total. The van der Waals surface area contributed by atoms with Crippen LogP contribution in [0.15, 0.2) is 16.6 Å². The SMILES string of the molecule is Cc1cc(Br)c(N2CCCCCC2=O)cc1N. The van der Waals surface area contributed by atoms with Crippen molar-refractivity contribution in [2.45, 2.75) is 32.6 Å². The van der Waals surface area contributed by atoms with Gasteiger partial charge in [0.25, 0.3) is 0 Å². The number of halogens is 1. The summed E-state index contributed by atoms with van der Waals surface area (Å²) in [4.78, 5) is 13.9. The van der Waals surface area contributed by atoms with Crippen LogP contribution in [0, 0.1) is 6.92 Å². The topological polar surface area (TPSA) is 46.3 Å².